The summed E-state index contributed by atoms with van der Waals surface area (Å²) in [4.78, 5) is 0. The van der Waals surface area contributed by atoms with E-state index < -0.39 is 11.6 Å². The molecule has 1 aromatic rings. The molecule has 1 aliphatic heterocycles. The molecule has 1 aromatic carbocycles. The first kappa shape index (κ1) is 11.9. The quantitative estimate of drug-likeness (QED) is 0.864. The Morgan fingerprint density at radius 3 is 2.75 bits per heavy atom. The molecule has 1 saturated heterocycles. The summed E-state index contributed by atoms with van der Waals surface area (Å²) in [6.07, 6.45) is 0.987. The van der Waals surface area contributed by atoms with Crippen molar-refractivity contribution in [2.75, 3.05) is 11.5 Å². The van der Waals surface area contributed by atoms with Gasteiger partial charge in [-0.25, -0.2) is 8.78 Å². The van der Waals surface area contributed by atoms with E-state index >= 15 is 0 Å². The fourth-order valence-corrected chi connectivity index (χ4v) is 3.32. The van der Waals surface area contributed by atoms with Gasteiger partial charge in [-0.15, -0.1) is 0 Å². The molecule has 0 bridgehead atoms. The summed E-state index contributed by atoms with van der Waals surface area (Å²) in [5.41, 5.74) is 6.64. The maximum Gasteiger partial charge on any atom is 0.163 e. The van der Waals surface area contributed by atoms with Gasteiger partial charge in [0.15, 0.2) is 11.6 Å². The molecule has 2 atom stereocenters. The van der Waals surface area contributed by atoms with E-state index in [0.717, 1.165) is 17.9 Å². The predicted molar refractivity (Wildman–Crippen MR) is 63.5 cm³/mol. The minimum Gasteiger partial charge on any atom is -0.324 e. The Morgan fingerprint density at radius 1 is 1.38 bits per heavy atom. The van der Waals surface area contributed by atoms with E-state index in [2.05, 4.69) is 0 Å². The van der Waals surface area contributed by atoms with E-state index in [4.69, 9.17) is 5.73 Å². The van der Waals surface area contributed by atoms with Crippen LogP contribution >= 0.6 is 11.8 Å². The van der Waals surface area contributed by atoms with Gasteiger partial charge in [0.05, 0.1) is 0 Å². The van der Waals surface area contributed by atoms with Gasteiger partial charge in [-0.1, -0.05) is 12.1 Å². The summed E-state index contributed by atoms with van der Waals surface area (Å²) >= 11 is 1.82. The van der Waals surface area contributed by atoms with Crippen molar-refractivity contribution in [1.29, 1.82) is 0 Å². The van der Waals surface area contributed by atoms with Crippen molar-refractivity contribution in [2.24, 2.45) is 11.7 Å². The number of nitrogens with two attached hydrogens (primary N) is 1. The van der Waals surface area contributed by atoms with Crippen LogP contribution in [0.1, 0.15) is 23.6 Å². The van der Waals surface area contributed by atoms with Crippen LogP contribution < -0.4 is 5.73 Å². The van der Waals surface area contributed by atoms with E-state index in [1.807, 2.05) is 11.8 Å². The zero-order valence-corrected chi connectivity index (χ0v) is 9.99. The number of thioether (sulfide) groups is 1. The van der Waals surface area contributed by atoms with Crippen LogP contribution in [0.4, 0.5) is 8.78 Å². The lowest BCUT2D eigenvalue weighted by Gasteiger charge is -2.19. The molecule has 0 saturated carbocycles. The Kier molecular flexibility index (Phi) is 3.50. The Morgan fingerprint density at radius 2 is 2.12 bits per heavy atom. The standard InChI is InChI=1S/C12H15F2NS/c1-7-2-3-9(11(14)10(7)13)12(15)8-4-5-16-6-8/h2-3,8,12H,4-6,15H2,1H3. The SMILES string of the molecule is Cc1ccc(C(N)C2CCSC2)c(F)c1F. The molecule has 16 heavy (non-hydrogen) atoms. The van der Waals surface area contributed by atoms with E-state index in [1.54, 1.807) is 19.1 Å². The van der Waals surface area contributed by atoms with Gasteiger partial charge in [0, 0.05) is 11.6 Å². The van der Waals surface area contributed by atoms with Crippen LogP contribution in [0.15, 0.2) is 12.1 Å². The number of hydrogen-bond acceptors (Lipinski definition) is 2. The first-order valence-corrected chi connectivity index (χ1v) is 6.54. The van der Waals surface area contributed by atoms with Crippen LogP contribution in [0.5, 0.6) is 0 Å². The Balaban J connectivity index is 2.29. The highest BCUT2D eigenvalue weighted by Crippen LogP contribution is 2.34. The summed E-state index contributed by atoms with van der Waals surface area (Å²) in [5.74, 6) is 0.731. The fraction of sp³-hybridized carbons (Fsp3) is 0.500. The van der Waals surface area contributed by atoms with Gasteiger partial charge in [0.2, 0.25) is 0 Å². The average molecular weight is 243 g/mol. The van der Waals surface area contributed by atoms with Crippen LogP contribution in [-0.2, 0) is 0 Å². The van der Waals surface area contributed by atoms with Gasteiger partial charge in [-0.05, 0) is 36.3 Å². The molecule has 0 aromatic heterocycles. The van der Waals surface area contributed by atoms with E-state index in [1.165, 1.54) is 0 Å². The lowest BCUT2D eigenvalue weighted by atomic mass is 9.92. The normalized spacial score (nSPS) is 22.4. The van der Waals surface area contributed by atoms with Gasteiger partial charge < -0.3 is 5.73 Å². The largest absolute Gasteiger partial charge is 0.324 e. The molecule has 2 rings (SSSR count). The Hall–Kier alpha value is -0.610. The zero-order chi connectivity index (χ0) is 11.7. The molecule has 0 amide bonds. The predicted octanol–water partition coefficient (Wildman–Crippen LogP) is 3.03. The van der Waals surface area contributed by atoms with Crippen LogP contribution in [0.2, 0.25) is 0 Å². The minimum absolute atomic E-state index is 0.265. The minimum atomic E-state index is -0.774. The summed E-state index contributed by atoms with van der Waals surface area (Å²) < 4.78 is 27.1. The first-order valence-electron chi connectivity index (χ1n) is 5.39. The summed E-state index contributed by atoms with van der Waals surface area (Å²) in [5, 5.41) is 0. The maximum atomic E-state index is 13.7. The second kappa shape index (κ2) is 4.72. The van der Waals surface area contributed by atoms with Crippen molar-refractivity contribution in [3.8, 4) is 0 Å². The molecule has 1 fully saturated rings. The molecule has 1 nitrogen and oxygen atoms in total. The average Bonchev–Trinajstić information content (AvgIpc) is 2.79. The molecule has 2 unspecified atom stereocenters. The van der Waals surface area contributed by atoms with Gasteiger partial charge >= 0.3 is 0 Å². The van der Waals surface area contributed by atoms with Crippen LogP contribution in [0.3, 0.4) is 0 Å². The molecular formula is C12H15F2NS. The van der Waals surface area contributed by atoms with Crippen molar-refractivity contribution in [3.05, 3.63) is 34.9 Å². The number of hydrogen-bond donors (Lipinski definition) is 1. The van der Waals surface area contributed by atoms with E-state index in [9.17, 15) is 8.78 Å². The molecule has 0 spiro atoms. The van der Waals surface area contributed by atoms with Gasteiger partial charge in [0.25, 0.3) is 0 Å². The highest BCUT2D eigenvalue weighted by molar-refractivity contribution is 7.99. The summed E-state index contributed by atoms with van der Waals surface area (Å²) in [7, 11) is 0. The number of aryl methyl sites for hydroxylation is 1. The van der Waals surface area contributed by atoms with Gasteiger partial charge in [-0.3, -0.25) is 0 Å². The van der Waals surface area contributed by atoms with E-state index in [-0.39, 0.29) is 12.0 Å². The van der Waals surface area contributed by atoms with Crippen molar-refractivity contribution in [2.45, 2.75) is 19.4 Å². The molecule has 4 heteroatoms. The molecule has 1 aliphatic rings. The number of benzene rings is 1. The van der Waals surface area contributed by atoms with Crippen LogP contribution in [-0.4, -0.2) is 11.5 Å². The highest BCUT2D eigenvalue weighted by Gasteiger charge is 2.27. The van der Waals surface area contributed by atoms with Crippen LogP contribution in [0, 0.1) is 24.5 Å². The fourth-order valence-electron chi connectivity index (χ4n) is 2.01. The number of halogens is 2. The third-order valence-electron chi connectivity index (χ3n) is 3.14. The Labute approximate surface area is 98.4 Å². The molecule has 88 valence electrons. The van der Waals surface area contributed by atoms with E-state index in [0.29, 0.717) is 11.1 Å². The maximum absolute atomic E-state index is 13.7. The van der Waals surface area contributed by atoms with Crippen molar-refractivity contribution in [1.82, 2.24) is 0 Å². The molecule has 0 aliphatic carbocycles. The molecule has 2 N–H and O–H groups in total. The Bertz CT molecular complexity index is 389. The summed E-state index contributed by atoms with van der Waals surface area (Å²) in [6, 6.07) is 2.82. The zero-order valence-electron chi connectivity index (χ0n) is 9.17. The van der Waals surface area contributed by atoms with Crippen molar-refractivity contribution >= 4 is 11.8 Å². The van der Waals surface area contributed by atoms with Crippen molar-refractivity contribution in [3.63, 3.8) is 0 Å². The topological polar surface area (TPSA) is 26.0 Å². The van der Waals surface area contributed by atoms with Gasteiger partial charge in [-0.2, -0.15) is 11.8 Å². The molecule has 1 heterocycles. The molecular weight excluding hydrogens is 228 g/mol. The lowest BCUT2D eigenvalue weighted by Crippen LogP contribution is -2.22. The summed E-state index contributed by atoms with van der Waals surface area (Å²) in [6.45, 7) is 1.55. The lowest BCUT2D eigenvalue weighted by molar-refractivity contribution is 0.436. The third-order valence-corrected chi connectivity index (χ3v) is 4.33. The second-order valence-electron chi connectivity index (χ2n) is 4.25. The highest BCUT2D eigenvalue weighted by atomic mass is 32.2. The second-order valence-corrected chi connectivity index (χ2v) is 5.40. The van der Waals surface area contributed by atoms with Gasteiger partial charge in [0.1, 0.15) is 0 Å². The molecule has 0 radical (unpaired) electrons. The third kappa shape index (κ3) is 2.09. The van der Waals surface area contributed by atoms with Crippen LogP contribution in [0.25, 0.3) is 0 Å². The number of rotatable bonds is 2. The van der Waals surface area contributed by atoms with Crippen molar-refractivity contribution < 1.29 is 8.78 Å². The smallest absolute Gasteiger partial charge is 0.163 e. The monoisotopic (exact) mass is 243 g/mol. The first-order chi connectivity index (χ1) is 7.61.